The van der Waals surface area contributed by atoms with Crippen LogP contribution in [-0.4, -0.2) is 24.1 Å². The normalized spacial score (nSPS) is 11.8. The number of carbonyl (C=O) groups excluding carboxylic acids is 1. The number of aromatic nitrogens is 1. The van der Waals surface area contributed by atoms with E-state index in [1.54, 1.807) is 32.2 Å². The summed E-state index contributed by atoms with van der Waals surface area (Å²) >= 11 is 13.4. The zero-order valence-corrected chi connectivity index (χ0v) is 17.8. The van der Waals surface area contributed by atoms with Crippen LogP contribution >= 0.6 is 34.5 Å². The highest BCUT2D eigenvalue weighted by molar-refractivity contribution is 7.16. The first-order chi connectivity index (χ1) is 13.4. The lowest BCUT2D eigenvalue weighted by atomic mass is 10.1. The van der Waals surface area contributed by atoms with Crippen molar-refractivity contribution in [2.75, 3.05) is 12.4 Å². The molecule has 1 unspecified atom stereocenters. The summed E-state index contributed by atoms with van der Waals surface area (Å²) in [5, 5.41) is 4.15. The number of halogens is 2. The number of hydrogen-bond donors (Lipinski definition) is 1. The Hall–Kier alpha value is -2.28. The molecule has 0 bridgehead atoms. The van der Waals surface area contributed by atoms with Crippen LogP contribution < -0.4 is 14.8 Å². The zero-order chi connectivity index (χ0) is 20.3. The first kappa shape index (κ1) is 20.5. The monoisotopic (exact) mass is 436 g/mol. The van der Waals surface area contributed by atoms with E-state index in [2.05, 4.69) is 10.3 Å². The van der Waals surface area contributed by atoms with Crippen molar-refractivity contribution >= 4 is 45.6 Å². The molecule has 1 N–H and O–H groups in total. The molecule has 0 saturated heterocycles. The van der Waals surface area contributed by atoms with Crippen molar-refractivity contribution in [3.63, 3.8) is 0 Å². The van der Waals surface area contributed by atoms with Gasteiger partial charge in [-0.1, -0.05) is 23.2 Å². The van der Waals surface area contributed by atoms with Gasteiger partial charge < -0.3 is 9.47 Å². The van der Waals surface area contributed by atoms with Crippen LogP contribution in [0.25, 0.3) is 11.3 Å². The molecule has 0 fully saturated rings. The van der Waals surface area contributed by atoms with Gasteiger partial charge >= 0.3 is 0 Å². The smallest absolute Gasteiger partial charge is 0.266 e. The molecule has 0 saturated carbocycles. The van der Waals surface area contributed by atoms with Crippen LogP contribution in [0, 0.1) is 6.92 Å². The summed E-state index contributed by atoms with van der Waals surface area (Å²) < 4.78 is 10.8. The summed E-state index contributed by atoms with van der Waals surface area (Å²) in [7, 11) is 1.62. The fourth-order valence-electron chi connectivity index (χ4n) is 2.49. The summed E-state index contributed by atoms with van der Waals surface area (Å²) in [6.07, 6.45) is -0.757. The van der Waals surface area contributed by atoms with Gasteiger partial charge in [0, 0.05) is 15.5 Å². The van der Waals surface area contributed by atoms with E-state index in [0.29, 0.717) is 20.9 Å². The molecule has 0 aliphatic carbocycles. The molecule has 146 valence electrons. The van der Waals surface area contributed by atoms with Crippen LogP contribution in [0.1, 0.15) is 11.8 Å². The molecule has 3 aromatic rings. The molecule has 0 aliphatic heterocycles. The van der Waals surface area contributed by atoms with E-state index < -0.39 is 6.10 Å². The van der Waals surface area contributed by atoms with E-state index in [0.717, 1.165) is 21.9 Å². The van der Waals surface area contributed by atoms with E-state index in [-0.39, 0.29) is 5.91 Å². The van der Waals surface area contributed by atoms with Crippen LogP contribution in [0.15, 0.2) is 42.5 Å². The zero-order valence-electron chi connectivity index (χ0n) is 15.5. The van der Waals surface area contributed by atoms with Crippen molar-refractivity contribution in [2.45, 2.75) is 20.0 Å². The minimum atomic E-state index is -0.757. The topological polar surface area (TPSA) is 60.5 Å². The second-order valence-electron chi connectivity index (χ2n) is 5.98. The Morgan fingerprint density at radius 2 is 1.89 bits per heavy atom. The summed E-state index contributed by atoms with van der Waals surface area (Å²) in [5.74, 6) is 0.848. The van der Waals surface area contributed by atoms with Gasteiger partial charge in [-0.05, 0) is 56.3 Å². The number of carbonyl (C=O) groups is 1. The van der Waals surface area contributed by atoms with E-state index in [1.807, 2.05) is 31.2 Å². The second kappa shape index (κ2) is 8.82. The molecular weight excluding hydrogens is 419 g/mol. The number of ether oxygens (including phenoxy) is 2. The summed E-state index contributed by atoms with van der Waals surface area (Å²) in [4.78, 5) is 18.0. The molecule has 0 aliphatic rings. The Kier molecular flexibility index (Phi) is 6.44. The Morgan fingerprint density at radius 1 is 1.18 bits per heavy atom. The molecule has 2 aromatic carbocycles. The molecule has 8 heteroatoms. The van der Waals surface area contributed by atoms with Crippen LogP contribution in [0.3, 0.4) is 0 Å². The molecule has 0 spiro atoms. The van der Waals surface area contributed by atoms with Gasteiger partial charge in [0.05, 0.1) is 17.8 Å². The van der Waals surface area contributed by atoms with Gasteiger partial charge in [0.2, 0.25) is 0 Å². The van der Waals surface area contributed by atoms with Gasteiger partial charge in [-0.3, -0.25) is 10.1 Å². The van der Waals surface area contributed by atoms with E-state index in [1.165, 1.54) is 11.3 Å². The number of nitrogens with one attached hydrogen (secondary N) is 1. The second-order valence-corrected chi connectivity index (χ2v) is 8.02. The molecule has 28 heavy (non-hydrogen) atoms. The predicted octanol–water partition coefficient (Wildman–Crippen LogP) is 5.84. The lowest BCUT2D eigenvalue weighted by molar-refractivity contribution is -0.122. The highest BCUT2D eigenvalue weighted by Gasteiger charge is 2.19. The van der Waals surface area contributed by atoms with Gasteiger partial charge in [-0.2, -0.15) is 0 Å². The molecule has 1 aromatic heterocycles. The predicted molar refractivity (Wildman–Crippen MR) is 114 cm³/mol. The fraction of sp³-hybridized carbons (Fsp3) is 0.200. The number of aryl methyl sites for hydroxylation is 1. The number of anilines is 1. The SMILES string of the molecule is COc1ccc(-c2nc(NC(=O)C(C)Oc3ccc(Cl)cc3Cl)sc2C)cc1. The third-order valence-electron chi connectivity index (χ3n) is 3.96. The molecular formula is C20H18Cl2N2O3S. The molecule has 0 radical (unpaired) electrons. The van der Waals surface area contributed by atoms with E-state index >= 15 is 0 Å². The van der Waals surface area contributed by atoms with Crippen molar-refractivity contribution in [3.05, 3.63) is 57.4 Å². The number of benzene rings is 2. The van der Waals surface area contributed by atoms with Gasteiger partial charge in [0.25, 0.3) is 5.91 Å². The Morgan fingerprint density at radius 3 is 2.54 bits per heavy atom. The van der Waals surface area contributed by atoms with Gasteiger partial charge in [0.1, 0.15) is 11.5 Å². The maximum absolute atomic E-state index is 12.5. The fourth-order valence-corrected chi connectivity index (χ4v) is 3.78. The van der Waals surface area contributed by atoms with Gasteiger partial charge in [-0.25, -0.2) is 4.98 Å². The molecule has 1 atom stereocenters. The number of methoxy groups -OCH3 is 1. The standard InChI is InChI=1S/C20H18Cl2N2O3S/c1-11(27-17-9-6-14(21)10-16(17)22)19(25)24-20-23-18(12(2)28-20)13-4-7-15(26-3)8-5-13/h4-11H,1-3H3,(H,23,24,25). The highest BCUT2D eigenvalue weighted by Crippen LogP contribution is 2.32. The quantitative estimate of drug-likeness (QED) is 0.526. The van der Waals surface area contributed by atoms with Crippen molar-refractivity contribution in [3.8, 4) is 22.8 Å². The van der Waals surface area contributed by atoms with Crippen LogP contribution in [0.5, 0.6) is 11.5 Å². The van der Waals surface area contributed by atoms with Crippen molar-refractivity contribution in [2.24, 2.45) is 0 Å². The molecule has 1 amide bonds. The average Bonchev–Trinajstić information content (AvgIpc) is 3.04. The largest absolute Gasteiger partial charge is 0.497 e. The Labute approximate surface area is 177 Å². The third kappa shape index (κ3) is 4.76. The number of amides is 1. The summed E-state index contributed by atoms with van der Waals surface area (Å²) in [6, 6.07) is 12.5. The lowest BCUT2D eigenvalue weighted by Crippen LogP contribution is -2.30. The molecule has 5 nitrogen and oxygen atoms in total. The van der Waals surface area contributed by atoms with Crippen molar-refractivity contribution in [1.82, 2.24) is 4.98 Å². The number of nitrogens with zero attached hydrogens (tertiary/aromatic N) is 1. The number of thiazole rings is 1. The lowest BCUT2D eigenvalue weighted by Gasteiger charge is -2.14. The first-order valence-corrected chi connectivity index (χ1v) is 9.99. The van der Waals surface area contributed by atoms with Crippen molar-refractivity contribution in [1.29, 1.82) is 0 Å². The minimum Gasteiger partial charge on any atom is -0.497 e. The van der Waals surface area contributed by atoms with Crippen LogP contribution in [0.2, 0.25) is 10.0 Å². The molecule has 1 heterocycles. The van der Waals surface area contributed by atoms with Crippen LogP contribution in [0.4, 0.5) is 5.13 Å². The Bertz CT molecular complexity index is 990. The minimum absolute atomic E-state index is 0.318. The molecule has 3 rings (SSSR count). The maximum atomic E-state index is 12.5. The van der Waals surface area contributed by atoms with Crippen LogP contribution in [-0.2, 0) is 4.79 Å². The van der Waals surface area contributed by atoms with Gasteiger partial charge in [-0.15, -0.1) is 11.3 Å². The summed E-state index contributed by atoms with van der Waals surface area (Å²) in [6.45, 7) is 3.60. The maximum Gasteiger partial charge on any atom is 0.266 e. The third-order valence-corrected chi connectivity index (χ3v) is 5.37. The van der Waals surface area contributed by atoms with E-state index in [4.69, 9.17) is 32.7 Å². The average molecular weight is 437 g/mol. The first-order valence-electron chi connectivity index (χ1n) is 8.42. The number of rotatable bonds is 6. The number of hydrogen-bond acceptors (Lipinski definition) is 5. The highest BCUT2D eigenvalue weighted by atomic mass is 35.5. The van der Waals surface area contributed by atoms with E-state index in [9.17, 15) is 4.79 Å². The Balaban J connectivity index is 1.69. The summed E-state index contributed by atoms with van der Waals surface area (Å²) in [5.41, 5.74) is 1.77. The van der Waals surface area contributed by atoms with Crippen molar-refractivity contribution < 1.29 is 14.3 Å². The van der Waals surface area contributed by atoms with Gasteiger partial charge in [0.15, 0.2) is 11.2 Å².